The third-order valence-corrected chi connectivity index (χ3v) is 3.31. The van der Waals surface area contributed by atoms with E-state index in [0.29, 0.717) is 10.6 Å². The molecule has 0 atom stereocenters. The SMILES string of the molecule is CCOC(=O)c1cc(CC)sc1NC(=O)CC#N. The maximum Gasteiger partial charge on any atom is 0.341 e. The molecule has 0 spiro atoms. The van der Waals surface area contributed by atoms with Gasteiger partial charge >= 0.3 is 5.97 Å². The summed E-state index contributed by atoms with van der Waals surface area (Å²) in [6.45, 7) is 3.96. The summed E-state index contributed by atoms with van der Waals surface area (Å²) in [4.78, 5) is 24.0. The number of hydrogen-bond donors (Lipinski definition) is 1. The Kier molecular flexibility index (Phi) is 5.33. The van der Waals surface area contributed by atoms with E-state index in [-0.39, 0.29) is 13.0 Å². The number of ether oxygens (including phenoxy) is 1. The molecule has 0 radical (unpaired) electrons. The number of nitrogens with one attached hydrogen (secondary N) is 1. The molecule has 5 nitrogen and oxygen atoms in total. The molecule has 0 saturated carbocycles. The van der Waals surface area contributed by atoms with Gasteiger partial charge in [-0.1, -0.05) is 6.92 Å². The van der Waals surface area contributed by atoms with Crippen molar-refractivity contribution in [1.29, 1.82) is 5.26 Å². The van der Waals surface area contributed by atoms with Crippen LogP contribution in [-0.4, -0.2) is 18.5 Å². The van der Waals surface area contributed by atoms with E-state index in [2.05, 4.69) is 5.32 Å². The van der Waals surface area contributed by atoms with Crippen molar-refractivity contribution in [2.24, 2.45) is 0 Å². The first-order valence-corrected chi connectivity index (χ1v) is 6.40. The van der Waals surface area contributed by atoms with E-state index in [1.165, 1.54) is 11.3 Å². The Bertz CT molecular complexity index is 488. The lowest BCUT2D eigenvalue weighted by atomic mass is 10.2. The molecule has 0 aliphatic carbocycles. The third-order valence-electron chi connectivity index (χ3n) is 2.12. The van der Waals surface area contributed by atoms with Gasteiger partial charge in [-0.2, -0.15) is 5.26 Å². The Morgan fingerprint density at radius 1 is 1.50 bits per heavy atom. The van der Waals surface area contributed by atoms with Gasteiger partial charge in [-0.25, -0.2) is 4.79 Å². The van der Waals surface area contributed by atoms with Crippen molar-refractivity contribution in [3.05, 3.63) is 16.5 Å². The van der Waals surface area contributed by atoms with Gasteiger partial charge in [0, 0.05) is 4.88 Å². The Balaban J connectivity index is 2.95. The lowest BCUT2D eigenvalue weighted by molar-refractivity contribution is -0.115. The zero-order valence-corrected chi connectivity index (χ0v) is 11.1. The lowest BCUT2D eigenvalue weighted by Gasteiger charge is -2.03. The zero-order valence-electron chi connectivity index (χ0n) is 10.3. The summed E-state index contributed by atoms with van der Waals surface area (Å²) in [6, 6.07) is 3.47. The summed E-state index contributed by atoms with van der Waals surface area (Å²) in [6.07, 6.45) is 0.535. The highest BCUT2D eigenvalue weighted by atomic mass is 32.1. The van der Waals surface area contributed by atoms with Gasteiger partial charge in [0.25, 0.3) is 0 Å². The predicted octanol–water partition coefficient (Wildman–Crippen LogP) is 2.34. The summed E-state index contributed by atoms with van der Waals surface area (Å²) < 4.78 is 4.92. The summed E-state index contributed by atoms with van der Waals surface area (Å²) in [5.41, 5.74) is 0.352. The number of rotatable bonds is 5. The number of anilines is 1. The number of nitriles is 1. The van der Waals surface area contributed by atoms with Gasteiger partial charge in [0.1, 0.15) is 11.4 Å². The second-order valence-corrected chi connectivity index (χ2v) is 4.55. The molecular weight excluding hydrogens is 252 g/mol. The highest BCUT2D eigenvalue weighted by Crippen LogP contribution is 2.29. The molecule has 1 rings (SSSR count). The van der Waals surface area contributed by atoms with E-state index < -0.39 is 11.9 Å². The van der Waals surface area contributed by atoms with Crippen LogP contribution in [0.4, 0.5) is 5.00 Å². The standard InChI is InChI=1S/C12H14N2O3S/c1-3-8-7-9(12(16)17-4-2)11(18-8)14-10(15)5-6-13/h7H,3-5H2,1-2H3,(H,14,15). The second-order valence-electron chi connectivity index (χ2n) is 3.41. The molecule has 0 aliphatic heterocycles. The second kappa shape index (κ2) is 6.77. The Hall–Kier alpha value is -1.87. The predicted molar refractivity (Wildman–Crippen MR) is 68.5 cm³/mol. The largest absolute Gasteiger partial charge is 0.462 e. The van der Waals surface area contributed by atoms with Crippen molar-refractivity contribution < 1.29 is 14.3 Å². The Labute approximate surface area is 109 Å². The lowest BCUT2D eigenvalue weighted by Crippen LogP contribution is -2.13. The molecule has 0 aromatic carbocycles. The maximum atomic E-state index is 11.7. The van der Waals surface area contributed by atoms with Crippen molar-refractivity contribution in [1.82, 2.24) is 0 Å². The molecule has 0 unspecified atom stereocenters. The normalized spacial score (nSPS) is 9.61. The fraction of sp³-hybridized carbons (Fsp3) is 0.417. The minimum atomic E-state index is -0.458. The van der Waals surface area contributed by atoms with Crippen molar-refractivity contribution in [2.75, 3.05) is 11.9 Å². The van der Waals surface area contributed by atoms with Gasteiger partial charge in [-0.15, -0.1) is 11.3 Å². The first kappa shape index (κ1) is 14.2. The van der Waals surface area contributed by atoms with Gasteiger partial charge in [0.15, 0.2) is 0 Å². The third kappa shape index (κ3) is 3.57. The molecule has 0 fully saturated rings. The molecule has 1 amide bonds. The average molecular weight is 266 g/mol. The molecule has 6 heteroatoms. The van der Waals surface area contributed by atoms with Gasteiger partial charge in [-0.05, 0) is 19.4 Å². The van der Waals surface area contributed by atoms with Crippen molar-refractivity contribution in [2.45, 2.75) is 26.7 Å². The molecule has 96 valence electrons. The molecule has 0 bridgehead atoms. The van der Waals surface area contributed by atoms with E-state index >= 15 is 0 Å². The van der Waals surface area contributed by atoms with Crippen molar-refractivity contribution in [3.63, 3.8) is 0 Å². The summed E-state index contributed by atoms with van der Waals surface area (Å²) >= 11 is 1.33. The summed E-state index contributed by atoms with van der Waals surface area (Å²) in [5.74, 6) is -0.881. The Morgan fingerprint density at radius 2 is 2.22 bits per heavy atom. The zero-order chi connectivity index (χ0) is 13.5. The van der Waals surface area contributed by atoms with Crippen LogP contribution in [-0.2, 0) is 16.0 Å². The van der Waals surface area contributed by atoms with Crippen LogP contribution in [0.1, 0.15) is 35.5 Å². The molecule has 0 saturated heterocycles. The van der Waals surface area contributed by atoms with E-state index in [1.54, 1.807) is 19.1 Å². The molecule has 1 heterocycles. The first-order valence-electron chi connectivity index (χ1n) is 5.59. The van der Waals surface area contributed by atoms with Gasteiger partial charge < -0.3 is 10.1 Å². The molecule has 1 N–H and O–H groups in total. The van der Waals surface area contributed by atoms with Gasteiger partial charge in [-0.3, -0.25) is 4.79 Å². The van der Waals surface area contributed by atoms with Gasteiger partial charge in [0.05, 0.1) is 18.2 Å². The van der Waals surface area contributed by atoms with Crippen LogP contribution in [0.3, 0.4) is 0 Å². The molecular formula is C12H14N2O3S. The fourth-order valence-corrected chi connectivity index (χ4v) is 2.31. The number of hydrogen-bond acceptors (Lipinski definition) is 5. The average Bonchev–Trinajstić information content (AvgIpc) is 2.73. The number of amides is 1. The van der Waals surface area contributed by atoms with Crippen LogP contribution in [0.5, 0.6) is 0 Å². The first-order chi connectivity index (χ1) is 8.62. The topological polar surface area (TPSA) is 79.2 Å². The number of thiophene rings is 1. The van der Waals surface area contributed by atoms with E-state index in [1.807, 2.05) is 6.92 Å². The van der Waals surface area contributed by atoms with Crippen LogP contribution in [0.15, 0.2) is 6.07 Å². The molecule has 1 aromatic heterocycles. The summed E-state index contributed by atoms with van der Waals surface area (Å²) in [7, 11) is 0. The van der Waals surface area contributed by atoms with Crippen molar-refractivity contribution in [3.8, 4) is 6.07 Å². The van der Waals surface area contributed by atoms with E-state index in [9.17, 15) is 9.59 Å². The number of aryl methyl sites for hydroxylation is 1. The van der Waals surface area contributed by atoms with Crippen LogP contribution < -0.4 is 5.32 Å². The van der Waals surface area contributed by atoms with Crippen LogP contribution >= 0.6 is 11.3 Å². The van der Waals surface area contributed by atoms with Crippen LogP contribution in [0.2, 0.25) is 0 Å². The van der Waals surface area contributed by atoms with E-state index in [0.717, 1.165) is 11.3 Å². The maximum absolute atomic E-state index is 11.7. The highest BCUT2D eigenvalue weighted by molar-refractivity contribution is 7.16. The smallest absolute Gasteiger partial charge is 0.341 e. The number of nitrogens with zero attached hydrogens (tertiary/aromatic N) is 1. The van der Waals surface area contributed by atoms with Crippen LogP contribution in [0.25, 0.3) is 0 Å². The van der Waals surface area contributed by atoms with Crippen molar-refractivity contribution >= 4 is 28.2 Å². The fourth-order valence-electron chi connectivity index (χ4n) is 1.31. The number of carbonyl (C=O) groups is 2. The monoisotopic (exact) mass is 266 g/mol. The Morgan fingerprint density at radius 3 is 2.78 bits per heavy atom. The number of esters is 1. The highest BCUT2D eigenvalue weighted by Gasteiger charge is 2.18. The van der Waals surface area contributed by atoms with Crippen LogP contribution in [0, 0.1) is 11.3 Å². The minimum Gasteiger partial charge on any atom is -0.462 e. The van der Waals surface area contributed by atoms with E-state index in [4.69, 9.17) is 10.00 Å². The molecule has 18 heavy (non-hydrogen) atoms. The molecule has 1 aromatic rings. The number of carbonyl (C=O) groups excluding carboxylic acids is 2. The minimum absolute atomic E-state index is 0.235. The molecule has 0 aliphatic rings. The summed E-state index contributed by atoms with van der Waals surface area (Å²) in [5, 5.41) is 11.4. The quantitative estimate of drug-likeness (QED) is 0.829. The van der Waals surface area contributed by atoms with Gasteiger partial charge in [0.2, 0.25) is 5.91 Å².